The Labute approximate surface area is 90.9 Å². The number of anilines is 1. The Morgan fingerprint density at radius 3 is 3.07 bits per heavy atom. The number of hydrogen-bond donors (Lipinski definition) is 1. The molecule has 0 aromatic carbocycles. The van der Waals surface area contributed by atoms with E-state index in [-0.39, 0.29) is 0 Å². The molecule has 6 heteroatoms. The molecule has 0 saturated heterocycles. The molecule has 5 nitrogen and oxygen atoms in total. The normalized spacial score (nSPS) is 15.7. The summed E-state index contributed by atoms with van der Waals surface area (Å²) < 4.78 is 1.71. The first-order chi connectivity index (χ1) is 7.31. The molecule has 0 bridgehead atoms. The quantitative estimate of drug-likeness (QED) is 0.846. The van der Waals surface area contributed by atoms with E-state index in [4.69, 9.17) is 5.73 Å². The minimum atomic E-state index is 0.452. The van der Waals surface area contributed by atoms with E-state index in [0.29, 0.717) is 12.4 Å². The maximum atomic E-state index is 5.48. The first-order valence-corrected chi connectivity index (χ1v) is 5.79. The third-order valence-electron chi connectivity index (χ3n) is 2.38. The summed E-state index contributed by atoms with van der Waals surface area (Å²) in [6.07, 6.45) is 4.31. The van der Waals surface area contributed by atoms with Gasteiger partial charge in [-0.1, -0.05) is 5.21 Å². The molecule has 2 N–H and O–H groups in total. The van der Waals surface area contributed by atoms with Crippen LogP contribution in [0.4, 0.5) is 5.82 Å². The highest BCUT2D eigenvalue weighted by Crippen LogP contribution is 2.41. The fourth-order valence-electron chi connectivity index (χ4n) is 1.47. The third kappa shape index (κ3) is 1.85. The molecule has 2 aromatic heterocycles. The van der Waals surface area contributed by atoms with Crippen LogP contribution in [0, 0.1) is 0 Å². The van der Waals surface area contributed by atoms with Crippen molar-refractivity contribution < 1.29 is 0 Å². The Bertz CT molecular complexity index is 470. The number of thiazole rings is 1. The smallest absolute Gasteiger partial charge is 0.165 e. The van der Waals surface area contributed by atoms with Gasteiger partial charge in [-0.15, -0.1) is 16.4 Å². The van der Waals surface area contributed by atoms with Crippen LogP contribution in [0.5, 0.6) is 0 Å². The van der Waals surface area contributed by atoms with Crippen molar-refractivity contribution in [3.05, 3.63) is 22.3 Å². The van der Waals surface area contributed by atoms with Gasteiger partial charge in [-0.3, -0.25) is 0 Å². The first kappa shape index (κ1) is 8.84. The summed E-state index contributed by atoms with van der Waals surface area (Å²) in [6, 6.07) is 0. The van der Waals surface area contributed by atoms with Gasteiger partial charge in [0.2, 0.25) is 0 Å². The van der Waals surface area contributed by atoms with E-state index in [1.54, 1.807) is 22.2 Å². The number of nitrogens with two attached hydrogens (primary N) is 1. The maximum Gasteiger partial charge on any atom is 0.165 e. The standard InChI is InChI=1S/C9H11N5S/c10-8-4-14(13-12-8)3-7-5-15-9(11-7)6-1-2-6/h4-6H,1-3,10H2. The van der Waals surface area contributed by atoms with Crippen LogP contribution in [0.15, 0.2) is 11.6 Å². The lowest BCUT2D eigenvalue weighted by Crippen LogP contribution is -2.00. The van der Waals surface area contributed by atoms with E-state index in [1.807, 2.05) is 0 Å². The van der Waals surface area contributed by atoms with E-state index in [1.165, 1.54) is 17.8 Å². The Morgan fingerprint density at radius 1 is 1.53 bits per heavy atom. The summed E-state index contributed by atoms with van der Waals surface area (Å²) in [4.78, 5) is 4.57. The van der Waals surface area contributed by atoms with Crippen molar-refractivity contribution in [2.45, 2.75) is 25.3 Å². The van der Waals surface area contributed by atoms with E-state index in [0.717, 1.165) is 11.6 Å². The minimum absolute atomic E-state index is 0.452. The number of nitrogens with zero attached hydrogens (tertiary/aromatic N) is 4. The SMILES string of the molecule is Nc1cn(Cc2csc(C3CC3)n2)nn1. The van der Waals surface area contributed by atoms with Gasteiger partial charge >= 0.3 is 0 Å². The molecule has 0 atom stereocenters. The summed E-state index contributed by atoms with van der Waals surface area (Å²) in [5.74, 6) is 1.18. The van der Waals surface area contributed by atoms with Gasteiger partial charge in [0.1, 0.15) is 0 Å². The average molecular weight is 221 g/mol. The maximum absolute atomic E-state index is 5.48. The van der Waals surface area contributed by atoms with E-state index >= 15 is 0 Å². The second-order valence-electron chi connectivity index (χ2n) is 3.79. The molecule has 2 heterocycles. The fourth-order valence-corrected chi connectivity index (χ4v) is 2.45. The lowest BCUT2D eigenvalue weighted by molar-refractivity contribution is 0.639. The van der Waals surface area contributed by atoms with Gasteiger partial charge in [-0.2, -0.15) is 0 Å². The highest BCUT2D eigenvalue weighted by atomic mass is 32.1. The van der Waals surface area contributed by atoms with Crippen LogP contribution in [-0.2, 0) is 6.54 Å². The molecule has 0 aliphatic heterocycles. The number of nitrogen functional groups attached to an aromatic ring is 1. The van der Waals surface area contributed by atoms with Crippen LogP contribution < -0.4 is 5.73 Å². The Morgan fingerprint density at radius 2 is 2.40 bits per heavy atom. The molecule has 1 aliphatic rings. The molecule has 15 heavy (non-hydrogen) atoms. The van der Waals surface area contributed by atoms with Crippen molar-refractivity contribution in [1.29, 1.82) is 0 Å². The molecular weight excluding hydrogens is 210 g/mol. The molecule has 1 fully saturated rings. The summed E-state index contributed by atoms with van der Waals surface area (Å²) in [5, 5.41) is 11.0. The zero-order valence-electron chi connectivity index (χ0n) is 8.13. The van der Waals surface area contributed by atoms with Crippen LogP contribution in [-0.4, -0.2) is 20.0 Å². The van der Waals surface area contributed by atoms with Crippen LogP contribution >= 0.6 is 11.3 Å². The molecular formula is C9H11N5S. The molecule has 0 amide bonds. The van der Waals surface area contributed by atoms with Crippen molar-refractivity contribution >= 4 is 17.2 Å². The van der Waals surface area contributed by atoms with E-state index in [9.17, 15) is 0 Å². The van der Waals surface area contributed by atoms with Gasteiger partial charge in [-0.05, 0) is 12.8 Å². The topological polar surface area (TPSA) is 69.6 Å². The number of hydrogen-bond acceptors (Lipinski definition) is 5. The summed E-state index contributed by atoms with van der Waals surface area (Å²) in [7, 11) is 0. The first-order valence-electron chi connectivity index (χ1n) is 4.91. The highest BCUT2D eigenvalue weighted by molar-refractivity contribution is 7.09. The zero-order valence-corrected chi connectivity index (χ0v) is 8.94. The Hall–Kier alpha value is -1.43. The molecule has 1 aliphatic carbocycles. The Balaban J connectivity index is 1.75. The number of rotatable bonds is 3. The largest absolute Gasteiger partial charge is 0.381 e. The molecule has 3 rings (SSSR count). The highest BCUT2D eigenvalue weighted by Gasteiger charge is 2.26. The van der Waals surface area contributed by atoms with Gasteiger partial charge in [-0.25, -0.2) is 9.67 Å². The lowest BCUT2D eigenvalue weighted by Gasteiger charge is -1.94. The van der Waals surface area contributed by atoms with Gasteiger partial charge in [0.05, 0.1) is 23.4 Å². The van der Waals surface area contributed by atoms with Crippen LogP contribution in [0.2, 0.25) is 0 Å². The summed E-state index contributed by atoms with van der Waals surface area (Å²) >= 11 is 1.74. The summed E-state index contributed by atoms with van der Waals surface area (Å²) in [6.45, 7) is 0.660. The average Bonchev–Trinajstić information content (AvgIpc) is 2.84. The van der Waals surface area contributed by atoms with Crippen molar-refractivity contribution in [1.82, 2.24) is 20.0 Å². The van der Waals surface area contributed by atoms with Crippen molar-refractivity contribution in [2.24, 2.45) is 0 Å². The molecule has 0 unspecified atom stereocenters. The van der Waals surface area contributed by atoms with Crippen LogP contribution in [0.25, 0.3) is 0 Å². The molecule has 0 radical (unpaired) electrons. The van der Waals surface area contributed by atoms with Crippen LogP contribution in [0.3, 0.4) is 0 Å². The van der Waals surface area contributed by atoms with Crippen molar-refractivity contribution in [3.63, 3.8) is 0 Å². The van der Waals surface area contributed by atoms with Gasteiger partial charge in [0.25, 0.3) is 0 Å². The molecule has 2 aromatic rings. The number of aromatic nitrogens is 4. The fraction of sp³-hybridized carbons (Fsp3) is 0.444. The van der Waals surface area contributed by atoms with E-state index in [2.05, 4.69) is 20.7 Å². The molecule has 78 valence electrons. The van der Waals surface area contributed by atoms with Crippen LogP contribution in [0.1, 0.15) is 29.5 Å². The van der Waals surface area contributed by atoms with Gasteiger partial charge < -0.3 is 5.73 Å². The van der Waals surface area contributed by atoms with Gasteiger partial charge in [0, 0.05) is 11.3 Å². The minimum Gasteiger partial charge on any atom is -0.381 e. The van der Waals surface area contributed by atoms with Crippen molar-refractivity contribution in [2.75, 3.05) is 5.73 Å². The second kappa shape index (κ2) is 3.30. The van der Waals surface area contributed by atoms with Gasteiger partial charge in [0.15, 0.2) is 5.82 Å². The monoisotopic (exact) mass is 221 g/mol. The zero-order chi connectivity index (χ0) is 10.3. The molecule has 0 spiro atoms. The third-order valence-corrected chi connectivity index (χ3v) is 3.43. The predicted molar refractivity (Wildman–Crippen MR) is 57.6 cm³/mol. The second-order valence-corrected chi connectivity index (χ2v) is 4.68. The predicted octanol–water partition coefficient (Wildman–Crippen LogP) is 1.24. The molecule has 1 saturated carbocycles. The van der Waals surface area contributed by atoms with E-state index < -0.39 is 0 Å². The lowest BCUT2D eigenvalue weighted by atomic mass is 10.4. The summed E-state index contributed by atoms with van der Waals surface area (Å²) in [5.41, 5.74) is 6.53. The Kier molecular flexibility index (Phi) is 1.95. The van der Waals surface area contributed by atoms with Crippen molar-refractivity contribution in [3.8, 4) is 0 Å².